The quantitative estimate of drug-likeness (QED) is 0.166. The van der Waals surface area contributed by atoms with Crippen LogP contribution in [0.3, 0.4) is 0 Å². The van der Waals surface area contributed by atoms with Crippen molar-refractivity contribution in [3.05, 3.63) is 224 Å². The Hall–Kier alpha value is -7.72. The number of fused-ring (bicyclic) bond motifs is 10. The van der Waals surface area contributed by atoms with Gasteiger partial charge in [0.05, 0.1) is 5.69 Å². The summed E-state index contributed by atoms with van der Waals surface area (Å²) in [5, 5.41) is 4.96. The molecule has 0 radical (unpaired) electrons. The van der Waals surface area contributed by atoms with Crippen molar-refractivity contribution in [1.82, 2.24) is 0 Å². The van der Waals surface area contributed by atoms with Crippen molar-refractivity contribution in [1.29, 1.82) is 0 Å². The van der Waals surface area contributed by atoms with Gasteiger partial charge in [0, 0.05) is 42.7 Å². The van der Waals surface area contributed by atoms with Crippen LogP contribution in [0.25, 0.3) is 86.6 Å². The van der Waals surface area contributed by atoms with E-state index >= 15 is 0 Å². The first kappa shape index (κ1) is 35.2. The molecule has 0 amide bonds. The lowest BCUT2D eigenvalue weighted by atomic mass is 9.88. The van der Waals surface area contributed by atoms with E-state index in [4.69, 9.17) is 4.74 Å². The zero-order chi connectivity index (χ0) is 40.3. The SMILES string of the molecule is c1ccc(-c2ccc(N(c3ccc(-c4cccc5c4sc4ccccc45)cc3)c3cccc4c3-c3ccc(-c5ccccc5)cc3-c3c(ccc5ccccc35)O4)cc2)cc1. The number of anilines is 3. The van der Waals surface area contributed by atoms with Gasteiger partial charge in [-0.05, 0) is 110 Å². The van der Waals surface area contributed by atoms with Crippen molar-refractivity contribution in [2.45, 2.75) is 0 Å². The molecule has 3 heteroatoms. The smallest absolute Gasteiger partial charge is 0.137 e. The van der Waals surface area contributed by atoms with Crippen molar-refractivity contribution in [3.63, 3.8) is 0 Å². The molecule has 0 fully saturated rings. The Morgan fingerprint density at radius 2 is 0.934 bits per heavy atom. The van der Waals surface area contributed by atoms with Crippen LogP contribution in [0.15, 0.2) is 224 Å². The normalized spacial score (nSPS) is 11.7. The molecular weight excluding hydrogens is 759 g/mol. The van der Waals surface area contributed by atoms with Crippen LogP contribution in [0.2, 0.25) is 0 Å². The van der Waals surface area contributed by atoms with Gasteiger partial charge in [0.15, 0.2) is 0 Å². The minimum Gasteiger partial charge on any atom is -0.456 e. The van der Waals surface area contributed by atoms with Crippen molar-refractivity contribution in [2.24, 2.45) is 0 Å². The van der Waals surface area contributed by atoms with Crippen LogP contribution in [0.4, 0.5) is 17.1 Å². The zero-order valence-corrected chi connectivity index (χ0v) is 33.9. The molecule has 0 saturated carbocycles. The molecule has 61 heavy (non-hydrogen) atoms. The molecule has 1 aliphatic rings. The summed E-state index contributed by atoms with van der Waals surface area (Å²) in [4.78, 5) is 2.39. The Labute approximate surface area is 358 Å². The van der Waals surface area contributed by atoms with Crippen LogP contribution in [0.5, 0.6) is 11.5 Å². The monoisotopic (exact) mass is 795 g/mol. The maximum atomic E-state index is 7.10. The number of benzene rings is 10. The van der Waals surface area contributed by atoms with E-state index in [0.29, 0.717) is 0 Å². The van der Waals surface area contributed by atoms with Gasteiger partial charge in [-0.3, -0.25) is 0 Å². The van der Waals surface area contributed by atoms with E-state index in [9.17, 15) is 0 Å². The molecule has 0 N–H and O–H groups in total. The second kappa shape index (κ2) is 14.5. The van der Waals surface area contributed by atoms with E-state index in [1.807, 2.05) is 11.3 Å². The highest BCUT2D eigenvalue weighted by Gasteiger charge is 2.28. The molecule has 12 rings (SSSR count). The molecule has 0 atom stereocenters. The minimum atomic E-state index is 0.819. The largest absolute Gasteiger partial charge is 0.456 e. The standard InChI is InChI=1S/C58H37NOS/c1-3-13-38(14-4-1)40-25-31-44(32-26-40)59(45-33-27-42(28-34-45)47-20-11-21-50-48-19-9-10-24-55(48)61-58(47)50)52-22-12-23-53-57(52)49-35-29-43(39-15-5-2-6-16-39)37-51(49)56-46-18-8-7-17-41(46)30-36-54(56)60-53/h1-37H. The van der Waals surface area contributed by atoms with Crippen LogP contribution in [0.1, 0.15) is 0 Å². The molecular formula is C58H37NOS. The number of thiophene rings is 1. The van der Waals surface area contributed by atoms with E-state index in [1.54, 1.807) is 0 Å². The van der Waals surface area contributed by atoms with Crippen molar-refractivity contribution >= 4 is 59.3 Å². The summed E-state index contributed by atoms with van der Waals surface area (Å²) in [6, 6.07) is 81.0. The number of hydrogen-bond acceptors (Lipinski definition) is 3. The predicted octanol–water partition coefficient (Wildman–Crippen LogP) is 17.1. The summed E-state index contributed by atoms with van der Waals surface area (Å²) in [5.74, 6) is 1.67. The molecule has 1 aliphatic heterocycles. The molecule has 0 saturated heterocycles. The number of hydrogen-bond donors (Lipinski definition) is 0. The molecule has 1 aromatic heterocycles. The third-order valence-corrected chi connectivity index (χ3v) is 13.3. The van der Waals surface area contributed by atoms with Crippen molar-refractivity contribution < 1.29 is 4.74 Å². The summed E-state index contributed by atoms with van der Waals surface area (Å²) in [5.41, 5.74) is 14.7. The topological polar surface area (TPSA) is 12.5 Å². The van der Waals surface area contributed by atoms with Crippen LogP contribution in [-0.2, 0) is 0 Å². The predicted molar refractivity (Wildman–Crippen MR) is 259 cm³/mol. The Morgan fingerprint density at radius 1 is 0.344 bits per heavy atom. The summed E-state index contributed by atoms with van der Waals surface area (Å²) in [6.45, 7) is 0. The average molecular weight is 796 g/mol. The highest BCUT2D eigenvalue weighted by atomic mass is 32.1. The second-order valence-corrected chi connectivity index (χ2v) is 16.7. The third-order valence-electron chi connectivity index (χ3n) is 12.1. The van der Waals surface area contributed by atoms with Gasteiger partial charge in [-0.2, -0.15) is 0 Å². The van der Waals surface area contributed by atoms with Gasteiger partial charge < -0.3 is 9.64 Å². The average Bonchev–Trinajstić information content (AvgIpc) is 3.64. The lowest BCUT2D eigenvalue weighted by molar-refractivity contribution is 0.488. The number of ether oxygens (including phenoxy) is 1. The Bertz CT molecular complexity index is 3420. The number of rotatable bonds is 6. The highest BCUT2D eigenvalue weighted by molar-refractivity contribution is 7.26. The van der Waals surface area contributed by atoms with E-state index < -0.39 is 0 Å². The Kier molecular flexibility index (Phi) is 8.39. The Morgan fingerprint density at radius 3 is 1.70 bits per heavy atom. The van der Waals surface area contributed by atoms with Gasteiger partial charge in [-0.25, -0.2) is 0 Å². The first-order valence-corrected chi connectivity index (χ1v) is 21.6. The van der Waals surface area contributed by atoms with E-state index in [-0.39, 0.29) is 0 Å². The summed E-state index contributed by atoms with van der Waals surface area (Å²) in [6.07, 6.45) is 0. The molecule has 0 aliphatic carbocycles. The lowest BCUT2D eigenvalue weighted by Crippen LogP contribution is -2.11. The van der Waals surface area contributed by atoms with Gasteiger partial charge in [0.25, 0.3) is 0 Å². The fourth-order valence-electron chi connectivity index (χ4n) is 9.20. The fraction of sp³-hybridized carbons (Fsp3) is 0. The van der Waals surface area contributed by atoms with Gasteiger partial charge in [0.1, 0.15) is 11.5 Å². The molecule has 2 heterocycles. The maximum absolute atomic E-state index is 7.10. The molecule has 0 unspecified atom stereocenters. The first-order valence-electron chi connectivity index (χ1n) is 20.7. The summed E-state index contributed by atoms with van der Waals surface area (Å²) < 4.78 is 9.72. The van der Waals surface area contributed by atoms with Gasteiger partial charge >= 0.3 is 0 Å². The maximum Gasteiger partial charge on any atom is 0.137 e. The van der Waals surface area contributed by atoms with Crippen LogP contribution in [0, 0.1) is 0 Å². The van der Waals surface area contributed by atoms with Crippen LogP contribution in [-0.4, -0.2) is 0 Å². The van der Waals surface area contributed by atoms with Gasteiger partial charge in [-0.1, -0.05) is 170 Å². The van der Waals surface area contributed by atoms with E-state index in [1.165, 1.54) is 58.8 Å². The molecule has 0 bridgehead atoms. The fourth-order valence-corrected chi connectivity index (χ4v) is 10.4. The van der Waals surface area contributed by atoms with E-state index in [0.717, 1.165) is 56.4 Å². The van der Waals surface area contributed by atoms with Crippen LogP contribution >= 0.6 is 11.3 Å². The van der Waals surface area contributed by atoms with Crippen molar-refractivity contribution in [2.75, 3.05) is 4.90 Å². The van der Waals surface area contributed by atoms with E-state index in [2.05, 4.69) is 229 Å². The molecule has 0 spiro atoms. The highest BCUT2D eigenvalue weighted by Crippen LogP contribution is 2.55. The Balaban J connectivity index is 1.07. The van der Waals surface area contributed by atoms with Crippen LogP contribution < -0.4 is 9.64 Å². The second-order valence-electron chi connectivity index (χ2n) is 15.6. The van der Waals surface area contributed by atoms with Crippen molar-refractivity contribution in [3.8, 4) is 67.1 Å². The first-order chi connectivity index (χ1) is 30.2. The van der Waals surface area contributed by atoms with Gasteiger partial charge in [-0.15, -0.1) is 11.3 Å². The summed E-state index contributed by atoms with van der Waals surface area (Å²) in [7, 11) is 0. The molecule has 286 valence electrons. The number of nitrogens with zero attached hydrogens (tertiary/aromatic N) is 1. The van der Waals surface area contributed by atoms with Gasteiger partial charge in [0.2, 0.25) is 0 Å². The molecule has 11 aromatic rings. The third kappa shape index (κ3) is 6.01. The molecule has 10 aromatic carbocycles. The minimum absolute atomic E-state index is 0.819. The molecule has 2 nitrogen and oxygen atoms in total. The summed E-state index contributed by atoms with van der Waals surface area (Å²) >= 11 is 1.87. The zero-order valence-electron chi connectivity index (χ0n) is 33.1. The lowest BCUT2D eigenvalue weighted by Gasteiger charge is -2.29.